The third-order valence-electron chi connectivity index (χ3n) is 4.18. The molecule has 20 heavy (non-hydrogen) atoms. The maximum Gasteiger partial charge on any atom is 0.233 e. The normalized spacial score (nSPS) is 21.2. The summed E-state index contributed by atoms with van der Waals surface area (Å²) in [4.78, 5) is 28.7. The van der Waals surface area contributed by atoms with Gasteiger partial charge >= 0.3 is 0 Å². The fraction of sp³-hybridized carbons (Fsp3) is 0.500. The van der Waals surface area contributed by atoms with Crippen LogP contribution in [0.1, 0.15) is 43.3 Å². The number of imidazole rings is 1. The summed E-state index contributed by atoms with van der Waals surface area (Å²) < 4.78 is 1.79. The molecule has 106 valence electrons. The molecule has 6 heteroatoms. The van der Waals surface area contributed by atoms with Crippen LogP contribution in [-0.2, 0) is 9.59 Å². The number of carbonyl (C=O) groups excluding carboxylic acids is 2. The summed E-state index contributed by atoms with van der Waals surface area (Å²) in [6.07, 6.45) is 2.12. The molecule has 6 nitrogen and oxygen atoms in total. The molecule has 1 aliphatic rings. The second-order valence-electron chi connectivity index (χ2n) is 5.57. The molecule has 2 unspecified atom stereocenters. The molecular formula is C14H18N4O2. The van der Waals surface area contributed by atoms with Crippen LogP contribution >= 0.6 is 0 Å². The first-order valence-corrected chi connectivity index (χ1v) is 6.81. The highest BCUT2D eigenvalue weighted by atomic mass is 16.2. The topological polar surface area (TPSA) is 70.5 Å². The Kier molecular flexibility index (Phi) is 2.70. The molecule has 0 bridgehead atoms. The third kappa shape index (κ3) is 1.60. The van der Waals surface area contributed by atoms with Crippen molar-refractivity contribution < 1.29 is 9.59 Å². The zero-order valence-electron chi connectivity index (χ0n) is 12.1. The largest absolute Gasteiger partial charge is 0.344 e. The van der Waals surface area contributed by atoms with Gasteiger partial charge in [-0.3, -0.25) is 14.5 Å². The predicted molar refractivity (Wildman–Crippen MR) is 73.1 cm³/mol. The van der Waals surface area contributed by atoms with Crippen molar-refractivity contribution in [1.82, 2.24) is 19.5 Å². The fourth-order valence-electron chi connectivity index (χ4n) is 2.81. The van der Waals surface area contributed by atoms with Crippen molar-refractivity contribution in [1.29, 1.82) is 0 Å². The van der Waals surface area contributed by atoms with Crippen LogP contribution < -0.4 is 0 Å². The molecule has 1 saturated heterocycles. The van der Waals surface area contributed by atoms with E-state index in [0.29, 0.717) is 6.42 Å². The number of hydrogen-bond donors (Lipinski definition) is 1. The lowest BCUT2D eigenvalue weighted by molar-refractivity contribution is -0.141. The standard InChI is InChI=1S/C14H18N4O2/c1-7-5-12(19)17(14(7)20)10(4)11-6-15-13-8(2)9(3)16-18(11)13/h6-7,10,15H,5H2,1-4H3. The van der Waals surface area contributed by atoms with Crippen molar-refractivity contribution in [2.75, 3.05) is 0 Å². The van der Waals surface area contributed by atoms with E-state index in [9.17, 15) is 9.59 Å². The number of amides is 2. The summed E-state index contributed by atoms with van der Waals surface area (Å²) in [5, 5.41) is 4.47. The lowest BCUT2D eigenvalue weighted by Crippen LogP contribution is -2.33. The van der Waals surface area contributed by atoms with Crippen LogP contribution in [0.5, 0.6) is 0 Å². The highest BCUT2D eigenvalue weighted by molar-refractivity contribution is 6.03. The predicted octanol–water partition coefficient (Wildman–Crippen LogP) is 1.74. The summed E-state index contributed by atoms with van der Waals surface area (Å²) in [5.74, 6) is -0.428. The molecule has 0 aromatic carbocycles. The van der Waals surface area contributed by atoms with Gasteiger partial charge in [-0.15, -0.1) is 0 Å². The number of aryl methyl sites for hydroxylation is 2. The molecule has 0 radical (unpaired) electrons. The Bertz CT molecular complexity index is 712. The van der Waals surface area contributed by atoms with Crippen LogP contribution in [0.15, 0.2) is 6.20 Å². The molecule has 2 aromatic rings. The molecule has 0 aliphatic carbocycles. The molecular weight excluding hydrogens is 256 g/mol. The van der Waals surface area contributed by atoms with Gasteiger partial charge in [0, 0.05) is 24.1 Å². The number of rotatable bonds is 2. The van der Waals surface area contributed by atoms with E-state index in [4.69, 9.17) is 0 Å². The van der Waals surface area contributed by atoms with Gasteiger partial charge in [0.05, 0.1) is 17.4 Å². The van der Waals surface area contributed by atoms with E-state index < -0.39 is 0 Å². The molecule has 2 amide bonds. The van der Waals surface area contributed by atoms with Gasteiger partial charge in [-0.2, -0.15) is 5.10 Å². The Hall–Kier alpha value is -2.11. The quantitative estimate of drug-likeness (QED) is 0.848. The van der Waals surface area contributed by atoms with Crippen LogP contribution in [0.2, 0.25) is 0 Å². The zero-order valence-corrected chi connectivity index (χ0v) is 12.1. The summed E-state index contributed by atoms with van der Waals surface area (Å²) in [6, 6.07) is -0.313. The first-order chi connectivity index (χ1) is 9.41. The third-order valence-corrected chi connectivity index (χ3v) is 4.18. The van der Waals surface area contributed by atoms with E-state index in [1.807, 2.05) is 27.0 Å². The van der Waals surface area contributed by atoms with Gasteiger partial charge in [0.1, 0.15) is 5.65 Å². The summed E-state index contributed by atoms with van der Waals surface area (Å²) in [6.45, 7) is 7.60. The number of aromatic amines is 1. The van der Waals surface area contributed by atoms with Crippen molar-refractivity contribution in [3.05, 3.63) is 23.1 Å². The minimum Gasteiger partial charge on any atom is -0.344 e. The first kappa shape index (κ1) is 12.9. The Morgan fingerprint density at radius 3 is 2.70 bits per heavy atom. The van der Waals surface area contributed by atoms with Crippen LogP contribution in [0, 0.1) is 19.8 Å². The van der Waals surface area contributed by atoms with Gasteiger partial charge < -0.3 is 4.98 Å². The zero-order chi connectivity index (χ0) is 14.6. The number of nitrogens with one attached hydrogen (secondary N) is 1. The Morgan fingerprint density at radius 2 is 2.10 bits per heavy atom. The number of aromatic nitrogens is 3. The molecule has 3 rings (SSSR count). The molecule has 2 atom stereocenters. The lowest BCUT2D eigenvalue weighted by Gasteiger charge is -2.21. The number of nitrogens with zero attached hydrogens (tertiary/aromatic N) is 3. The summed E-state index contributed by atoms with van der Waals surface area (Å²) in [5.41, 5.74) is 3.76. The van der Waals surface area contributed by atoms with Gasteiger partial charge in [0.15, 0.2) is 0 Å². The molecule has 0 saturated carbocycles. The van der Waals surface area contributed by atoms with Gasteiger partial charge in [-0.1, -0.05) is 6.92 Å². The van der Waals surface area contributed by atoms with Gasteiger partial charge in [-0.25, -0.2) is 4.52 Å². The SMILES string of the molecule is Cc1nn2c(C(C)N3C(=O)CC(C)C3=O)c[nH]c2c1C. The number of carbonyl (C=O) groups is 2. The second kappa shape index (κ2) is 4.19. The minimum atomic E-state index is -0.313. The highest BCUT2D eigenvalue weighted by Crippen LogP contribution is 2.30. The van der Waals surface area contributed by atoms with Gasteiger partial charge in [-0.05, 0) is 20.8 Å². The first-order valence-electron chi connectivity index (χ1n) is 6.81. The molecule has 2 aromatic heterocycles. The average molecular weight is 274 g/mol. The highest BCUT2D eigenvalue weighted by Gasteiger charge is 2.39. The number of H-pyrrole nitrogens is 1. The van der Waals surface area contributed by atoms with Crippen LogP contribution in [0.3, 0.4) is 0 Å². The lowest BCUT2D eigenvalue weighted by atomic mass is 10.1. The number of imide groups is 1. The Morgan fingerprint density at radius 1 is 1.40 bits per heavy atom. The van der Waals surface area contributed by atoms with Gasteiger partial charge in [0.25, 0.3) is 0 Å². The molecule has 3 heterocycles. The van der Waals surface area contributed by atoms with E-state index in [2.05, 4.69) is 10.1 Å². The van der Waals surface area contributed by atoms with Crippen molar-refractivity contribution in [2.45, 2.75) is 40.2 Å². The van der Waals surface area contributed by atoms with E-state index in [-0.39, 0.29) is 23.8 Å². The van der Waals surface area contributed by atoms with Crippen molar-refractivity contribution >= 4 is 17.5 Å². The van der Waals surface area contributed by atoms with Crippen molar-refractivity contribution in [3.8, 4) is 0 Å². The van der Waals surface area contributed by atoms with E-state index in [0.717, 1.165) is 22.6 Å². The fourth-order valence-corrected chi connectivity index (χ4v) is 2.81. The Balaban J connectivity index is 2.05. The molecule has 1 fully saturated rings. The maximum absolute atomic E-state index is 12.1. The monoisotopic (exact) mass is 274 g/mol. The summed E-state index contributed by atoms with van der Waals surface area (Å²) >= 11 is 0. The number of hydrogen-bond acceptors (Lipinski definition) is 3. The van der Waals surface area contributed by atoms with Crippen LogP contribution in [0.25, 0.3) is 5.65 Å². The van der Waals surface area contributed by atoms with Crippen LogP contribution in [-0.4, -0.2) is 31.3 Å². The minimum absolute atomic E-state index is 0.0996. The van der Waals surface area contributed by atoms with Crippen LogP contribution in [0.4, 0.5) is 0 Å². The molecule has 0 spiro atoms. The van der Waals surface area contributed by atoms with Crippen molar-refractivity contribution in [2.24, 2.45) is 5.92 Å². The summed E-state index contributed by atoms with van der Waals surface area (Å²) in [7, 11) is 0. The van der Waals surface area contributed by atoms with Crippen molar-refractivity contribution in [3.63, 3.8) is 0 Å². The second-order valence-corrected chi connectivity index (χ2v) is 5.57. The van der Waals surface area contributed by atoms with E-state index in [1.54, 1.807) is 11.4 Å². The Labute approximate surface area is 116 Å². The van der Waals surface area contributed by atoms with E-state index in [1.165, 1.54) is 4.90 Å². The molecule has 1 N–H and O–H groups in total. The maximum atomic E-state index is 12.1. The molecule has 1 aliphatic heterocycles. The van der Waals surface area contributed by atoms with E-state index >= 15 is 0 Å². The smallest absolute Gasteiger partial charge is 0.233 e. The number of likely N-dealkylation sites (tertiary alicyclic amines) is 1. The van der Waals surface area contributed by atoms with Gasteiger partial charge in [0.2, 0.25) is 11.8 Å². The average Bonchev–Trinajstić information content (AvgIpc) is 2.98. The number of fused-ring (bicyclic) bond motifs is 1.